The lowest BCUT2D eigenvalue weighted by molar-refractivity contribution is 0.207. The summed E-state index contributed by atoms with van der Waals surface area (Å²) in [6, 6.07) is 11.7. The van der Waals surface area contributed by atoms with Crippen molar-refractivity contribution in [3.63, 3.8) is 0 Å². The van der Waals surface area contributed by atoms with Crippen LogP contribution in [0.3, 0.4) is 0 Å². The van der Waals surface area contributed by atoms with E-state index in [1.54, 1.807) is 0 Å². The molecule has 0 spiro atoms. The van der Waals surface area contributed by atoms with Gasteiger partial charge in [0.15, 0.2) is 0 Å². The van der Waals surface area contributed by atoms with Crippen molar-refractivity contribution in [2.45, 2.75) is 31.3 Å². The van der Waals surface area contributed by atoms with Crippen molar-refractivity contribution in [1.82, 2.24) is 4.90 Å². The lowest BCUT2D eigenvalue weighted by Gasteiger charge is -2.37. The minimum atomic E-state index is 0.272. The van der Waals surface area contributed by atoms with E-state index in [1.165, 1.54) is 29.5 Å². The van der Waals surface area contributed by atoms with E-state index in [-0.39, 0.29) is 6.04 Å². The molecule has 0 saturated heterocycles. The second-order valence-corrected chi connectivity index (χ2v) is 4.97. The molecular formula is C15H16N2. The van der Waals surface area contributed by atoms with Gasteiger partial charge in [-0.15, -0.1) is 0 Å². The topological polar surface area (TPSA) is 27.0 Å². The Labute approximate surface area is 102 Å². The Morgan fingerprint density at radius 3 is 2.82 bits per heavy atom. The molecule has 1 aliphatic carbocycles. The quantitative estimate of drug-likeness (QED) is 0.771. The van der Waals surface area contributed by atoms with Gasteiger partial charge in [-0.05, 0) is 29.5 Å². The van der Waals surface area contributed by atoms with Gasteiger partial charge in [-0.1, -0.05) is 30.8 Å². The van der Waals surface area contributed by atoms with Crippen molar-refractivity contribution >= 4 is 5.57 Å². The molecule has 0 aromatic heterocycles. The third-order valence-corrected chi connectivity index (χ3v) is 3.77. The average molecular weight is 224 g/mol. The predicted octanol–water partition coefficient (Wildman–Crippen LogP) is 3.13. The van der Waals surface area contributed by atoms with Crippen LogP contribution in [0, 0.1) is 11.3 Å². The molecule has 17 heavy (non-hydrogen) atoms. The zero-order valence-electron chi connectivity index (χ0n) is 9.89. The van der Waals surface area contributed by atoms with Gasteiger partial charge >= 0.3 is 0 Å². The van der Waals surface area contributed by atoms with Crippen LogP contribution < -0.4 is 0 Å². The smallest absolute Gasteiger partial charge is 0.0641 e. The second-order valence-electron chi connectivity index (χ2n) is 4.97. The predicted molar refractivity (Wildman–Crippen MR) is 68.2 cm³/mol. The summed E-state index contributed by atoms with van der Waals surface area (Å²) in [6.07, 6.45) is 3.13. The van der Waals surface area contributed by atoms with Crippen LogP contribution in [0.2, 0.25) is 0 Å². The third-order valence-electron chi connectivity index (χ3n) is 3.77. The van der Waals surface area contributed by atoms with Gasteiger partial charge < -0.3 is 0 Å². The lowest BCUT2D eigenvalue weighted by Crippen LogP contribution is -2.36. The molecule has 1 unspecified atom stereocenters. The van der Waals surface area contributed by atoms with Crippen LogP contribution in [-0.4, -0.2) is 17.5 Å². The molecule has 0 bridgehead atoms. The van der Waals surface area contributed by atoms with Crippen molar-refractivity contribution in [3.05, 3.63) is 42.0 Å². The Morgan fingerprint density at radius 2 is 2.12 bits per heavy atom. The molecule has 3 rings (SSSR count). The summed E-state index contributed by atoms with van der Waals surface area (Å²) >= 11 is 0. The number of nitriles is 1. The van der Waals surface area contributed by atoms with Crippen LogP contribution in [0.5, 0.6) is 0 Å². The first-order valence-corrected chi connectivity index (χ1v) is 6.21. The minimum Gasteiger partial charge on any atom is -0.288 e. The van der Waals surface area contributed by atoms with Crippen molar-refractivity contribution in [2.24, 2.45) is 0 Å². The molecule has 0 N–H and O–H groups in total. The molecule has 86 valence electrons. The SMILES string of the molecule is C=C1CN(C2CC2)C(CC#N)c2ccccc21. The number of hydrogen-bond donors (Lipinski definition) is 0. The van der Waals surface area contributed by atoms with E-state index in [1.807, 2.05) is 0 Å². The number of hydrogen-bond acceptors (Lipinski definition) is 2. The van der Waals surface area contributed by atoms with Gasteiger partial charge in [0.1, 0.15) is 0 Å². The Hall–Kier alpha value is -1.59. The van der Waals surface area contributed by atoms with E-state index in [0.717, 1.165) is 6.54 Å². The molecule has 2 nitrogen and oxygen atoms in total. The molecule has 0 amide bonds. The standard InChI is InChI=1S/C15H16N2/c1-11-10-17(12-6-7-12)15(8-9-16)14-5-3-2-4-13(11)14/h2-5,12,15H,1,6-8,10H2. The maximum Gasteiger partial charge on any atom is 0.0641 e. The van der Waals surface area contributed by atoms with Gasteiger partial charge in [-0.25, -0.2) is 0 Å². The maximum absolute atomic E-state index is 9.03. The summed E-state index contributed by atoms with van der Waals surface area (Å²) in [7, 11) is 0. The van der Waals surface area contributed by atoms with E-state index < -0.39 is 0 Å². The number of nitrogens with zero attached hydrogens (tertiary/aromatic N) is 2. The summed E-state index contributed by atoms with van der Waals surface area (Å²) in [5.74, 6) is 0. The first kappa shape index (κ1) is 10.6. The summed E-state index contributed by atoms with van der Waals surface area (Å²) in [5.41, 5.74) is 3.74. The third kappa shape index (κ3) is 1.77. The van der Waals surface area contributed by atoms with Crippen LogP contribution in [0.1, 0.15) is 36.4 Å². The summed E-state index contributed by atoms with van der Waals surface area (Å²) in [5, 5.41) is 9.03. The molecule has 1 aromatic rings. The fourth-order valence-electron chi connectivity index (χ4n) is 2.81. The molecule has 1 heterocycles. The van der Waals surface area contributed by atoms with Crippen LogP contribution in [0.4, 0.5) is 0 Å². The molecule has 0 radical (unpaired) electrons. The van der Waals surface area contributed by atoms with Gasteiger partial charge in [0.2, 0.25) is 0 Å². The number of benzene rings is 1. The number of fused-ring (bicyclic) bond motifs is 1. The van der Waals surface area contributed by atoms with Crippen molar-refractivity contribution < 1.29 is 0 Å². The van der Waals surface area contributed by atoms with Gasteiger partial charge in [-0.3, -0.25) is 4.90 Å². The van der Waals surface area contributed by atoms with Crippen molar-refractivity contribution in [2.75, 3.05) is 6.54 Å². The van der Waals surface area contributed by atoms with Gasteiger partial charge in [0, 0.05) is 18.6 Å². The summed E-state index contributed by atoms with van der Waals surface area (Å²) < 4.78 is 0. The molecule has 1 fully saturated rings. The highest BCUT2D eigenvalue weighted by Crippen LogP contribution is 2.42. The van der Waals surface area contributed by atoms with E-state index >= 15 is 0 Å². The maximum atomic E-state index is 9.03. The van der Waals surface area contributed by atoms with Crippen LogP contribution in [-0.2, 0) is 0 Å². The summed E-state index contributed by atoms with van der Waals surface area (Å²) in [4.78, 5) is 2.47. The van der Waals surface area contributed by atoms with Gasteiger partial charge in [0.05, 0.1) is 12.5 Å². The largest absolute Gasteiger partial charge is 0.288 e. The van der Waals surface area contributed by atoms with Crippen LogP contribution in [0.15, 0.2) is 30.8 Å². The Bertz CT molecular complexity index is 494. The molecule has 1 aromatic carbocycles. The van der Waals surface area contributed by atoms with Gasteiger partial charge in [0.25, 0.3) is 0 Å². The Kier molecular flexibility index (Phi) is 2.49. The highest BCUT2D eigenvalue weighted by atomic mass is 15.2. The normalized spacial score (nSPS) is 24.2. The van der Waals surface area contributed by atoms with E-state index in [0.29, 0.717) is 12.5 Å². The molecule has 1 atom stereocenters. The molecule has 1 saturated carbocycles. The zero-order chi connectivity index (χ0) is 11.8. The van der Waals surface area contributed by atoms with Crippen LogP contribution >= 0.6 is 0 Å². The molecule has 2 heteroatoms. The van der Waals surface area contributed by atoms with Crippen molar-refractivity contribution in [3.8, 4) is 6.07 Å². The number of rotatable bonds is 2. The monoisotopic (exact) mass is 224 g/mol. The minimum absolute atomic E-state index is 0.272. The Morgan fingerprint density at radius 1 is 1.35 bits per heavy atom. The summed E-state index contributed by atoms with van der Waals surface area (Å²) in [6.45, 7) is 5.11. The molecule has 2 aliphatic rings. The first-order valence-electron chi connectivity index (χ1n) is 6.21. The van der Waals surface area contributed by atoms with Crippen LogP contribution in [0.25, 0.3) is 5.57 Å². The second kappa shape index (κ2) is 4.01. The molecular weight excluding hydrogens is 208 g/mol. The zero-order valence-corrected chi connectivity index (χ0v) is 9.89. The first-order chi connectivity index (χ1) is 8.31. The fourth-order valence-corrected chi connectivity index (χ4v) is 2.81. The average Bonchev–Trinajstić information content (AvgIpc) is 3.17. The van der Waals surface area contributed by atoms with Crippen molar-refractivity contribution in [1.29, 1.82) is 5.26 Å². The van der Waals surface area contributed by atoms with Gasteiger partial charge in [-0.2, -0.15) is 5.26 Å². The Balaban J connectivity index is 2.03. The fraction of sp³-hybridized carbons (Fsp3) is 0.400. The van der Waals surface area contributed by atoms with E-state index in [9.17, 15) is 0 Å². The highest BCUT2D eigenvalue weighted by molar-refractivity contribution is 5.70. The van der Waals surface area contributed by atoms with E-state index in [4.69, 9.17) is 5.26 Å². The highest BCUT2D eigenvalue weighted by Gasteiger charge is 2.38. The van der Waals surface area contributed by atoms with E-state index in [2.05, 4.69) is 41.8 Å². The lowest BCUT2D eigenvalue weighted by atomic mass is 9.88. The molecule has 1 aliphatic heterocycles.